The van der Waals surface area contributed by atoms with Crippen molar-refractivity contribution in [3.05, 3.63) is 105 Å². The first-order valence-corrected chi connectivity index (χ1v) is 12.0. The molecule has 0 spiro atoms. The summed E-state index contributed by atoms with van der Waals surface area (Å²) >= 11 is 2.36. The first kappa shape index (κ1) is 20.9. The zero-order valence-corrected chi connectivity index (χ0v) is 20.5. The molecule has 0 saturated carbocycles. The van der Waals surface area contributed by atoms with E-state index in [1.807, 2.05) is 48.5 Å². The fourth-order valence-electron chi connectivity index (χ4n) is 3.96. The molecule has 0 bridgehead atoms. The van der Waals surface area contributed by atoms with Crippen molar-refractivity contribution in [2.24, 2.45) is 0 Å². The van der Waals surface area contributed by atoms with Gasteiger partial charge in [-0.05, 0) is 94.7 Å². The number of hydrogen-bond donors (Lipinski definition) is 0. The SMILES string of the molecule is Cc1cc(-c2nc3ccccc3o2)ccc1C=Cc1ccc(-c2nc3ccccc3o2)cc1I. The molecule has 0 atom stereocenters. The third kappa shape index (κ3) is 3.92. The van der Waals surface area contributed by atoms with Gasteiger partial charge in [-0.2, -0.15) is 0 Å². The van der Waals surface area contributed by atoms with Crippen molar-refractivity contribution in [2.75, 3.05) is 0 Å². The fraction of sp³-hybridized carbons (Fsp3) is 0.0345. The molecular formula is C29H19IN2O2. The monoisotopic (exact) mass is 554 g/mol. The van der Waals surface area contributed by atoms with E-state index in [1.54, 1.807) is 0 Å². The van der Waals surface area contributed by atoms with E-state index >= 15 is 0 Å². The Morgan fingerprint density at radius 1 is 0.647 bits per heavy atom. The second-order valence-corrected chi connectivity index (χ2v) is 9.28. The largest absolute Gasteiger partial charge is 0.436 e. The molecule has 0 N–H and O–H groups in total. The lowest BCUT2D eigenvalue weighted by Crippen LogP contribution is -1.86. The van der Waals surface area contributed by atoms with Crippen molar-refractivity contribution < 1.29 is 8.83 Å². The van der Waals surface area contributed by atoms with Crippen LogP contribution in [0.15, 0.2) is 93.8 Å². The van der Waals surface area contributed by atoms with Gasteiger partial charge in [0, 0.05) is 14.7 Å². The molecule has 0 aliphatic heterocycles. The standard InChI is InChI=1S/C29H19IN2O2/c1-18-16-21(28-31-24-6-2-4-8-26(24)33-28)14-11-19(18)10-12-20-13-15-22(17-23(20)30)29-32-25-7-3-5-9-27(25)34-29/h2-17H,1H3. The van der Waals surface area contributed by atoms with Gasteiger partial charge in [0.25, 0.3) is 0 Å². The van der Waals surface area contributed by atoms with Gasteiger partial charge in [0.05, 0.1) is 0 Å². The van der Waals surface area contributed by atoms with Crippen LogP contribution in [-0.4, -0.2) is 9.97 Å². The van der Waals surface area contributed by atoms with Gasteiger partial charge in [-0.1, -0.05) is 48.6 Å². The van der Waals surface area contributed by atoms with E-state index in [4.69, 9.17) is 8.83 Å². The van der Waals surface area contributed by atoms with Gasteiger partial charge in [-0.3, -0.25) is 0 Å². The van der Waals surface area contributed by atoms with E-state index in [0.29, 0.717) is 11.8 Å². The Kier molecular flexibility index (Phi) is 5.26. The number of rotatable bonds is 4. The van der Waals surface area contributed by atoms with Gasteiger partial charge >= 0.3 is 0 Å². The number of oxazole rings is 2. The average Bonchev–Trinajstić information content (AvgIpc) is 3.48. The summed E-state index contributed by atoms with van der Waals surface area (Å²) in [6.07, 6.45) is 4.28. The van der Waals surface area contributed by atoms with Crippen LogP contribution in [0.5, 0.6) is 0 Å². The van der Waals surface area contributed by atoms with Crippen molar-refractivity contribution in [2.45, 2.75) is 6.92 Å². The minimum Gasteiger partial charge on any atom is -0.436 e. The third-order valence-electron chi connectivity index (χ3n) is 5.79. The maximum absolute atomic E-state index is 5.92. The summed E-state index contributed by atoms with van der Waals surface area (Å²) in [4.78, 5) is 9.21. The van der Waals surface area contributed by atoms with E-state index in [2.05, 4.69) is 88.0 Å². The topological polar surface area (TPSA) is 52.1 Å². The molecule has 0 fully saturated rings. The second-order valence-electron chi connectivity index (χ2n) is 8.11. The molecule has 0 radical (unpaired) electrons. The van der Waals surface area contributed by atoms with Crippen LogP contribution in [0.3, 0.4) is 0 Å². The van der Waals surface area contributed by atoms with Crippen LogP contribution in [0.4, 0.5) is 0 Å². The first-order valence-electron chi connectivity index (χ1n) is 10.9. The highest BCUT2D eigenvalue weighted by Crippen LogP contribution is 2.29. The molecule has 0 aliphatic carbocycles. The van der Waals surface area contributed by atoms with Crippen molar-refractivity contribution >= 4 is 56.9 Å². The highest BCUT2D eigenvalue weighted by atomic mass is 127. The molecule has 2 aromatic heterocycles. The number of aryl methyl sites for hydroxylation is 1. The van der Waals surface area contributed by atoms with Crippen LogP contribution in [0, 0.1) is 10.5 Å². The Morgan fingerprint density at radius 2 is 1.18 bits per heavy atom. The Bertz CT molecular complexity index is 1500. The van der Waals surface area contributed by atoms with Crippen molar-refractivity contribution in [3.63, 3.8) is 0 Å². The smallest absolute Gasteiger partial charge is 0.227 e. The lowest BCUT2D eigenvalue weighted by molar-refractivity contribution is 0.619. The molecule has 34 heavy (non-hydrogen) atoms. The van der Waals surface area contributed by atoms with Crippen LogP contribution in [-0.2, 0) is 0 Å². The Hall–Kier alpha value is -3.71. The molecule has 2 heterocycles. The minimum atomic E-state index is 0.639. The predicted molar refractivity (Wildman–Crippen MR) is 145 cm³/mol. The average molecular weight is 554 g/mol. The van der Waals surface area contributed by atoms with Gasteiger partial charge in [-0.25, -0.2) is 9.97 Å². The lowest BCUT2D eigenvalue weighted by Gasteiger charge is -2.04. The molecule has 6 aromatic rings. The summed E-state index contributed by atoms with van der Waals surface area (Å²) in [7, 11) is 0. The van der Waals surface area contributed by atoms with Crippen LogP contribution >= 0.6 is 22.6 Å². The Labute approximate surface area is 210 Å². The number of halogens is 1. The molecule has 4 nitrogen and oxygen atoms in total. The van der Waals surface area contributed by atoms with Crippen LogP contribution < -0.4 is 0 Å². The second kappa shape index (κ2) is 8.57. The first-order chi connectivity index (χ1) is 16.6. The number of nitrogens with zero attached hydrogens (tertiary/aromatic N) is 2. The number of hydrogen-bond acceptors (Lipinski definition) is 4. The molecule has 0 saturated heterocycles. The summed E-state index contributed by atoms with van der Waals surface area (Å²) in [5.74, 6) is 1.28. The maximum atomic E-state index is 5.92. The highest BCUT2D eigenvalue weighted by Gasteiger charge is 2.11. The fourth-order valence-corrected chi connectivity index (χ4v) is 4.66. The Morgan fingerprint density at radius 3 is 1.74 bits per heavy atom. The normalized spacial score (nSPS) is 11.7. The third-order valence-corrected chi connectivity index (χ3v) is 6.73. The van der Waals surface area contributed by atoms with Gasteiger partial charge in [0.15, 0.2) is 11.2 Å². The van der Waals surface area contributed by atoms with E-state index < -0.39 is 0 Å². The molecule has 0 unspecified atom stereocenters. The Balaban J connectivity index is 1.25. The number of benzene rings is 4. The summed E-state index contributed by atoms with van der Waals surface area (Å²) in [6, 6.07) is 28.2. The van der Waals surface area contributed by atoms with Crippen molar-refractivity contribution in [1.82, 2.24) is 9.97 Å². The van der Waals surface area contributed by atoms with Crippen LogP contribution in [0.1, 0.15) is 16.7 Å². The summed E-state index contributed by atoms with van der Waals surface area (Å²) < 4.78 is 13.0. The number of fused-ring (bicyclic) bond motifs is 2. The van der Waals surface area contributed by atoms with E-state index in [0.717, 1.165) is 53.6 Å². The summed E-state index contributed by atoms with van der Waals surface area (Å²) in [5.41, 5.74) is 8.74. The lowest BCUT2D eigenvalue weighted by atomic mass is 10.0. The highest BCUT2D eigenvalue weighted by molar-refractivity contribution is 14.1. The maximum Gasteiger partial charge on any atom is 0.227 e. The van der Waals surface area contributed by atoms with Crippen molar-refractivity contribution in [1.29, 1.82) is 0 Å². The van der Waals surface area contributed by atoms with E-state index in [1.165, 1.54) is 0 Å². The molecule has 5 heteroatoms. The summed E-state index contributed by atoms with van der Waals surface area (Å²) in [5, 5.41) is 0. The zero-order valence-electron chi connectivity index (χ0n) is 18.3. The van der Waals surface area contributed by atoms with Crippen LogP contribution in [0.25, 0.3) is 57.3 Å². The predicted octanol–water partition coefficient (Wildman–Crippen LogP) is 8.39. The minimum absolute atomic E-state index is 0.639. The molecular weight excluding hydrogens is 535 g/mol. The van der Waals surface area contributed by atoms with Crippen LogP contribution in [0.2, 0.25) is 0 Å². The van der Waals surface area contributed by atoms with E-state index in [9.17, 15) is 0 Å². The van der Waals surface area contributed by atoms with Gasteiger partial charge in [-0.15, -0.1) is 0 Å². The molecule has 4 aromatic carbocycles. The molecule has 6 rings (SSSR count). The molecule has 0 amide bonds. The van der Waals surface area contributed by atoms with Gasteiger partial charge in [0.1, 0.15) is 11.0 Å². The number of para-hydroxylation sites is 4. The molecule has 164 valence electrons. The van der Waals surface area contributed by atoms with Crippen molar-refractivity contribution in [3.8, 4) is 22.9 Å². The number of aromatic nitrogens is 2. The molecule has 0 aliphatic rings. The zero-order chi connectivity index (χ0) is 23.1. The van der Waals surface area contributed by atoms with Gasteiger partial charge < -0.3 is 8.83 Å². The van der Waals surface area contributed by atoms with E-state index in [-0.39, 0.29) is 0 Å². The van der Waals surface area contributed by atoms with Gasteiger partial charge in [0.2, 0.25) is 11.8 Å². The summed E-state index contributed by atoms with van der Waals surface area (Å²) in [6.45, 7) is 2.10. The quantitative estimate of drug-likeness (QED) is 0.162.